The van der Waals surface area contributed by atoms with Gasteiger partial charge in [-0.05, 0) is 22.9 Å². The Morgan fingerprint density at radius 2 is 2.33 bits per heavy atom. The van der Waals surface area contributed by atoms with Crippen LogP contribution in [0, 0.1) is 10.1 Å². The quantitative estimate of drug-likeness (QED) is 0.622. The number of halogens is 1. The van der Waals surface area contributed by atoms with Crippen molar-refractivity contribution >= 4 is 32.5 Å². The number of benzene rings is 1. The predicted molar refractivity (Wildman–Crippen MR) is 59.8 cm³/mol. The maximum atomic E-state index is 10.6. The number of fused-ring (bicyclic) bond motifs is 1. The molecule has 0 aliphatic rings. The van der Waals surface area contributed by atoms with Crippen molar-refractivity contribution in [2.75, 3.05) is 0 Å². The van der Waals surface area contributed by atoms with Crippen LogP contribution in [0.25, 0.3) is 10.9 Å². The topological polar surface area (TPSA) is 61.0 Å². The van der Waals surface area contributed by atoms with Crippen molar-refractivity contribution in [1.29, 1.82) is 0 Å². The maximum Gasteiger partial charge on any atom is 0.271 e. The maximum absolute atomic E-state index is 10.6. The van der Waals surface area contributed by atoms with Crippen LogP contribution in [-0.4, -0.2) is 14.7 Å². The van der Waals surface area contributed by atoms with Gasteiger partial charge in [0.1, 0.15) is 0 Å². The first kappa shape index (κ1) is 10.1. The number of rotatable bonds is 2. The van der Waals surface area contributed by atoms with Crippen molar-refractivity contribution < 1.29 is 4.92 Å². The molecule has 15 heavy (non-hydrogen) atoms. The van der Waals surface area contributed by atoms with Crippen molar-refractivity contribution in [2.24, 2.45) is 0 Å². The minimum absolute atomic E-state index is 0.0741. The fraction of sp³-hybridized carbons (Fsp3) is 0.222. The summed E-state index contributed by atoms with van der Waals surface area (Å²) in [5.41, 5.74) is 0.966. The van der Waals surface area contributed by atoms with E-state index in [9.17, 15) is 10.1 Å². The Labute approximate surface area is 94.0 Å². The number of nitrogens with zero attached hydrogens (tertiary/aromatic N) is 3. The Morgan fingerprint density at radius 1 is 1.60 bits per heavy atom. The second kappa shape index (κ2) is 3.62. The highest BCUT2D eigenvalue weighted by molar-refractivity contribution is 9.10. The highest BCUT2D eigenvalue weighted by Crippen LogP contribution is 2.29. The molecule has 78 valence electrons. The van der Waals surface area contributed by atoms with Crippen LogP contribution < -0.4 is 0 Å². The van der Waals surface area contributed by atoms with E-state index in [2.05, 4.69) is 21.0 Å². The molecule has 2 rings (SSSR count). The lowest BCUT2D eigenvalue weighted by Crippen LogP contribution is -1.96. The van der Waals surface area contributed by atoms with Gasteiger partial charge in [0.2, 0.25) is 0 Å². The Bertz CT molecular complexity index is 535. The van der Waals surface area contributed by atoms with Crippen LogP contribution in [0.15, 0.2) is 22.8 Å². The van der Waals surface area contributed by atoms with E-state index in [4.69, 9.17) is 0 Å². The lowest BCUT2D eigenvalue weighted by molar-refractivity contribution is -0.384. The van der Waals surface area contributed by atoms with Gasteiger partial charge in [0.25, 0.3) is 5.69 Å². The summed E-state index contributed by atoms with van der Waals surface area (Å²) in [5.74, 6) is 0. The molecule has 0 unspecified atom stereocenters. The van der Waals surface area contributed by atoms with Crippen molar-refractivity contribution in [3.8, 4) is 0 Å². The average Bonchev–Trinajstić information content (AvgIpc) is 2.60. The molecule has 0 spiro atoms. The molecule has 0 fully saturated rings. The number of nitro benzene ring substituents is 1. The van der Waals surface area contributed by atoms with Crippen molar-refractivity contribution in [3.05, 3.63) is 32.9 Å². The van der Waals surface area contributed by atoms with Gasteiger partial charge in [-0.25, -0.2) is 0 Å². The summed E-state index contributed by atoms with van der Waals surface area (Å²) in [6, 6.07) is 3.02. The van der Waals surface area contributed by atoms with Crippen LogP contribution in [0.2, 0.25) is 0 Å². The van der Waals surface area contributed by atoms with Crippen molar-refractivity contribution in [2.45, 2.75) is 13.5 Å². The zero-order valence-electron chi connectivity index (χ0n) is 7.98. The molecular weight excluding hydrogens is 262 g/mol. The van der Waals surface area contributed by atoms with Gasteiger partial charge in [-0.15, -0.1) is 0 Å². The smallest absolute Gasteiger partial charge is 0.264 e. The summed E-state index contributed by atoms with van der Waals surface area (Å²) in [5, 5.41) is 15.5. The van der Waals surface area contributed by atoms with Crippen LogP contribution in [0.4, 0.5) is 5.69 Å². The first-order valence-electron chi connectivity index (χ1n) is 4.43. The monoisotopic (exact) mass is 269 g/mol. The Morgan fingerprint density at radius 3 is 2.93 bits per heavy atom. The summed E-state index contributed by atoms with van der Waals surface area (Å²) in [6.07, 6.45) is 1.64. The molecule has 1 aromatic carbocycles. The van der Waals surface area contributed by atoms with Crippen LogP contribution in [0.1, 0.15) is 6.92 Å². The zero-order chi connectivity index (χ0) is 11.0. The third kappa shape index (κ3) is 1.61. The van der Waals surface area contributed by atoms with Crippen molar-refractivity contribution in [1.82, 2.24) is 9.78 Å². The summed E-state index contributed by atoms with van der Waals surface area (Å²) in [4.78, 5) is 10.2. The van der Waals surface area contributed by atoms with E-state index >= 15 is 0 Å². The highest BCUT2D eigenvalue weighted by Gasteiger charge is 2.13. The van der Waals surface area contributed by atoms with Gasteiger partial charge in [0.05, 0.1) is 21.1 Å². The first-order valence-corrected chi connectivity index (χ1v) is 5.22. The average molecular weight is 270 g/mol. The fourth-order valence-electron chi connectivity index (χ4n) is 1.51. The molecule has 0 aliphatic heterocycles. The summed E-state index contributed by atoms with van der Waals surface area (Å²) < 4.78 is 2.49. The lowest BCUT2D eigenvalue weighted by Gasteiger charge is -2.00. The van der Waals surface area contributed by atoms with Crippen LogP contribution in [-0.2, 0) is 6.54 Å². The zero-order valence-corrected chi connectivity index (χ0v) is 9.56. The van der Waals surface area contributed by atoms with Crippen molar-refractivity contribution in [3.63, 3.8) is 0 Å². The molecular formula is C9H8BrN3O2. The van der Waals surface area contributed by atoms with E-state index in [1.165, 1.54) is 12.1 Å². The standard InChI is InChI=1S/C9H8BrN3O2/c1-2-12-9-6(5-11-12)3-7(13(14)15)4-8(9)10/h3-5H,2H2,1H3. The van der Waals surface area contributed by atoms with E-state index in [1.807, 2.05) is 6.92 Å². The molecule has 0 N–H and O–H groups in total. The predicted octanol–water partition coefficient (Wildman–Crippen LogP) is 2.73. The Hall–Kier alpha value is -1.43. The van der Waals surface area contributed by atoms with Crippen LogP contribution >= 0.6 is 15.9 Å². The number of hydrogen-bond acceptors (Lipinski definition) is 3. The summed E-state index contributed by atoms with van der Waals surface area (Å²) >= 11 is 3.32. The molecule has 0 amide bonds. The molecule has 2 aromatic rings. The Kier molecular flexibility index (Phi) is 2.44. The third-order valence-corrected chi connectivity index (χ3v) is 2.79. The number of non-ortho nitro benzene ring substituents is 1. The van der Waals surface area contributed by atoms with E-state index < -0.39 is 4.92 Å². The molecule has 0 saturated heterocycles. The molecule has 1 aromatic heterocycles. The molecule has 0 aliphatic carbocycles. The molecule has 6 heteroatoms. The third-order valence-electron chi connectivity index (χ3n) is 2.18. The normalized spacial score (nSPS) is 10.8. The van der Waals surface area contributed by atoms with Gasteiger partial charge < -0.3 is 0 Å². The van der Waals surface area contributed by atoms with Crippen LogP contribution in [0.5, 0.6) is 0 Å². The van der Waals surface area contributed by atoms with Gasteiger partial charge in [-0.3, -0.25) is 14.8 Å². The SMILES string of the molecule is CCn1ncc2cc([N+](=O)[O-])cc(Br)c21. The van der Waals surface area contributed by atoms with E-state index in [-0.39, 0.29) is 5.69 Å². The number of nitro groups is 1. The van der Waals surface area contributed by atoms with Gasteiger partial charge in [-0.2, -0.15) is 5.10 Å². The summed E-state index contributed by atoms with van der Waals surface area (Å²) in [6.45, 7) is 2.71. The molecule has 0 bridgehead atoms. The Balaban J connectivity index is 2.74. The molecule has 0 radical (unpaired) electrons. The minimum Gasteiger partial charge on any atom is -0.264 e. The van der Waals surface area contributed by atoms with Crippen LogP contribution in [0.3, 0.4) is 0 Å². The summed E-state index contributed by atoms with van der Waals surface area (Å²) in [7, 11) is 0. The second-order valence-corrected chi connectivity index (χ2v) is 3.94. The second-order valence-electron chi connectivity index (χ2n) is 3.08. The largest absolute Gasteiger partial charge is 0.271 e. The van der Waals surface area contributed by atoms with Gasteiger partial charge >= 0.3 is 0 Å². The lowest BCUT2D eigenvalue weighted by atomic mass is 10.2. The molecule has 5 nitrogen and oxygen atoms in total. The van der Waals surface area contributed by atoms with Gasteiger partial charge in [-0.1, -0.05) is 0 Å². The molecule has 0 saturated carbocycles. The molecule has 1 heterocycles. The first-order chi connectivity index (χ1) is 7.13. The van der Waals surface area contributed by atoms with E-state index in [1.54, 1.807) is 10.9 Å². The number of aryl methyl sites for hydroxylation is 1. The fourth-order valence-corrected chi connectivity index (χ4v) is 2.18. The number of aromatic nitrogens is 2. The minimum atomic E-state index is -0.409. The van der Waals surface area contributed by atoms with Gasteiger partial charge in [0, 0.05) is 24.1 Å². The number of hydrogen-bond donors (Lipinski definition) is 0. The molecule has 0 atom stereocenters. The van der Waals surface area contributed by atoms with E-state index in [0.717, 1.165) is 17.4 Å². The highest BCUT2D eigenvalue weighted by atomic mass is 79.9. The van der Waals surface area contributed by atoms with Gasteiger partial charge in [0.15, 0.2) is 0 Å². The van der Waals surface area contributed by atoms with E-state index in [0.29, 0.717) is 4.47 Å².